The highest BCUT2D eigenvalue weighted by molar-refractivity contribution is 8.00. The minimum Gasteiger partial charge on any atom is -0.327 e. The van der Waals surface area contributed by atoms with Gasteiger partial charge in [-0.05, 0) is 19.8 Å². The van der Waals surface area contributed by atoms with Gasteiger partial charge < -0.3 is 5.73 Å². The molecule has 0 rings (SSSR count). The molecule has 11 heavy (non-hydrogen) atoms. The second-order valence-electron chi connectivity index (χ2n) is 3.16. The predicted molar refractivity (Wildman–Crippen MR) is 55.1 cm³/mol. The Hall–Kier alpha value is 0.310. The topological polar surface area (TPSA) is 26.0 Å². The minimum absolute atomic E-state index is 0.332. The summed E-state index contributed by atoms with van der Waals surface area (Å²) in [7, 11) is 0. The van der Waals surface area contributed by atoms with Crippen LogP contribution in [0.4, 0.5) is 0 Å². The van der Waals surface area contributed by atoms with E-state index >= 15 is 0 Å². The molecule has 0 radical (unpaired) electrons. The molecule has 0 saturated carbocycles. The van der Waals surface area contributed by atoms with Crippen molar-refractivity contribution in [2.45, 2.75) is 57.1 Å². The van der Waals surface area contributed by atoms with Crippen LogP contribution in [0.25, 0.3) is 0 Å². The van der Waals surface area contributed by atoms with Crippen LogP contribution < -0.4 is 5.73 Å². The number of rotatable bonds is 5. The summed E-state index contributed by atoms with van der Waals surface area (Å²) in [5.74, 6) is 0. The zero-order valence-electron chi connectivity index (χ0n) is 8.13. The lowest BCUT2D eigenvalue weighted by molar-refractivity contribution is 0.666. The molecule has 0 saturated heterocycles. The molecule has 0 bridgehead atoms. The van der Waals surface area contributed by atoms with Crippen LogP contribution in [0.5, 0.6) is 0 Å². The third-order valence-corrected chi connectivity index (χ3v) is 3.88. The first-order valence-electron chi connectivity index (χ1n) is 4.52. The molecular weight excluding hydrogens is 154 g/mol. The lowest BCUT2D eigenvalue weighted by Crippen LogP contribution is -2.29. The van der Waals surface area contributed by atoms with Crippen molar-refractivity contribution in [2.75, 3.05) is 0 Å². The summed E-state index contributed by atoms with van der Waals surface area (Å²) in [6, 6.07) is 0.332. The van der Waals surface area contributed by atoms with E-state index < -0.39 is 0 Å². The standard InChI is InChI=1S/C9H21NS/c1-5-7(3)11-9(6-2)8(4)10/h7-9H,5-6,10H2,1-4H3. The van der Waals surface area contributed by atoms with E-state index in [4.69, 9.17) is 5.73 Å². The van der Waals surface area contributed by atoms with E-state index in [1.807, 2.05) is 11.8 Å². The average molecular weight is 175 g/mol. The number of hydrogen-bond donors (Lipinski definition) is 1. The van der Waals surface area contributed by atoms with Gasteiger partial charge in [0.05, 0.1) is 0 Å². The number of nitrogens with two attached hydrogens (primary N) is 1. The van der Waals surface area contributed by atoms with Crippen LogP contribution in [-0.2, 0) is 0 Å². The zero-order chi connectivity index (χ0) is 8.85. The molecule has 2 heteroatoms. The molecule has 3 unspecified atom stereocenters. The van der Waals surface area contributed by atoms with Gasteiger partial charge in [-0.25, -0.2) is 0 Å². The monoisotopic (exact) mass is 175 g/mol. The molecule has 0 aliphatic carbocycles. The Balaban J connectivity index is 3.68. The number of thioether (sulfide) groups is 1. The Labute approximate surface area is 75.1 Å². The Bertz CT molecular complexity index is 93.6. The summed E-state index contributed by atoms with van der Waals surface area (Å²) >= 11 is 2.03. The van der Waals surface area contributed by atoms with Crippen molar-refractivity contribution in [3.8, 4) is 0 Å². The summed E-state index contributed by atoms with van der Waals surface area (Å²) in [6.07, 6.45) is 2.43. The van der Waals surface area contributed by atoms with Gasteiger partial charge in [0.1, 0.15) is 0 Å². The van der Waals surface area contributed by atoms with E-state index in [9.17, 15) is 0 Å². The first kappa shape index (κ1) is 11.3. The van der Waals surface area contributed by atoms with Gasteiger partial charge in [-0.3, -0.25) is 0 Å². The van der Waals surface area contributed by atoms with Crippen molar-refractivity contribution in [2.24, 2.45) is 5.73 Å². The molecule has 0 spiro atoms. The van der Waals surface area contributed by atoms with Crippen LogP contribution in [0.1, 0.15) is 40.5 Å². The van der Waals surface area contributed by atoms with E-state index in [1.54, 1.807) is 0 Å². The predicted octanol–water partition coefficient (Wildman–Crippen LogP) is 2.64. The fraction of sp³-hybridized carbons (Fsp3) is 1.00. The molecule has 2 N–H and O–H groups in total. The normalized spacial score (nSPS) is 19.4. The van der Waals surface area contributed by atoms with Crippen LogP contribution in [0, 0.1) is 0 Å². The molecule has 3 atom stereocenters. The van der Waals surface area contributed by atoms with Gasteiger partial charge in [0.2, 0.25) is 0 Å². The van der Waals surface area contributed by atoms with E-state index in [-0.39, 0.29) is 0 Å². The lowest BCUT2D eigenvalue weighted by atomic mass is 10.2. The van der Waals surface area contributed by atoms with Crippen LogP contribution >= 0.6 is 11.8 Å². The highest BCUT2D eigenvalue weighted by atomic mass is 32.2. The highest BCUT2D eigenvalue weighted by Gasteiger charge is 2.14. The van der Waals surface area contributed by atoms with Crippen molar-refractivity contribution < 1.29 is 0 Å². The van der Waals surface area contributed by atoms with Crippen LogP contribution in [0.15, 0.2) is 0 Å². The van der Waals surface area contributed by atoms with Gasteiger partial charge in [-0.2, -0.15) is 11.8 Å². The van der Waals surface area contributed by atoms with Crippen LogP contribution in [0.3, 0.4) is 0 Å². The fourth-order valence-electron chi connectivity index (χ4n) is 0.987. The molecule has 0 amide bonds. The van der Waals surface area contributed by atoms with Crippen molar-refractivity contribution >= 4 is 11.8 Å². The van der Waals surface area contributed by atoms with Crippen LogP contribution in [0.2, 0.25) is 0 Å². The van der Waals surface area contributed by atoms with Crippen molar-refractivity contribution in [3.05, 3.63) is 0 Å². The third kappa shape index (κ3) is 4.70. The summed E-state index contributed by atoms with van der Waals surface area (Å²) in [5.41, 5.74) is 5.83. The average Bonchev–Trinajstić information content (AvgIpc) is 1.99. The molecule has 0 aromatic carbocycles. The zero-order valence-corrected chi connectivity index (χ0v) is 8.95. The molecule has 0 aromatic heterocycles. The maximum absolute atomic E-state index is 5.83. The molecule has 0 aliphatic heterocycles. The molecule has 0 aromatic rings. The summed E-state index contributed by atoms with van der Waals surface area (Å²) < 4.78 is 0. The third-order valence-electron chi connectivity index (χ3n) is 1.97. The summed E-state index contributed by atoms with van der Waals surface area (Å²) in [6.45, 7) is 8.81. The smallest absolute Gasteiger partial charge is 0.0196 e. The maximum atomic E-state index is 5.83. The molecule has 0 fully saturated rings. The Morgan fingerprint density at radius 3 is 2.00 bits per heavy atom. The molecule has 1 nitrogen and oxygen atoms in total. The summed E-state index contributed by atoms with van der Waals surface area (Å²) in [4.78, 5) is 0. The Morgan fingerprint density at radius 1 is 1.18 bits per heavy atom. The van der Waals surface area contributed by atoms with Gasteiger partial charge in [-0.1, -0.05) is 20.8 Å². The number of hydrogen-bond acceptors (Lipinski definition) is 2. The molecule has 0 heterocycles. The first-order valence-corrected chi connectivity index (χ1v) is 5.47. The summed E-state index contributed by atoms with van der Waals surface area (Å²) in [5, 5.41) is 1.40. The van der Waals surface area contributed by atoms with Crippen LogP contribution in [-0.4, -0.2) is 16.5 Å². The van der Waals surface area contributed by atoms with E-state index in [0.717, 1.165) is 5.25 Å². The van der Waals surface area contributed by atoms with Gasteiger partial charge >= 0.3 is 0 Å². The molecule has 0 aliphatic rings. The van der Waals surface area contributed by atoms with Gasteiger partial charge in [0.25, 0.3) is 0 Å². The van der Waals surface area contributed by atoms with E-state index in [1.165, 1.54) is 12.8 Å². The van der Waals surface area contributed by atoms with E-state index in [0.29, 0.717) is 11.3 Å². The van der Waals surface area contributed by atoms with Crippen molar-refractivity contribution in [1.82, 2.24) is 0 Å². The Kier molecular flexibility index (Phi) is 6.06. The quantitative estimate of drug-likeness (QED) is 0.695. The van der Waals surface area contributed by atoms with E-state index in [2.05, 4.69) is 27.7 Å². The SMILES string of the molecule is CCC(C)SC(CC)C(C)N. The van der Waals surface area contributed by atoms with Gasteiger partial charge in [-0.15, -0.1) is 0 Å². The highest BCUT2D eigenvalue weighted by Crippen LogP contribution is 2.23. The second-order valence-corrected chi connectivity index (χ2v) is 4.84. The molecular formula is C9H21NS. The van der Waals surface area contributed by atoms with Gasteiger partial charge in [0, 0.05) is 16.5 Å². The van der Waals surface area contributed by atoms with Gasteiger partial charge in [0.15, 0.2) is 0 Å². The largest absolute Gasteiger partial charge is 0.327 e. The minimum atomic E-state index is 0.332. The maximum Gasteiger partial charge on any atom is 0.0196 e. The molecule has 68 valence electrons. The first-order chi connectivity index (χ1) is 5.11. The van der Waals surface area contributed by atoms with Crippen molar-refractivity contribution in [3.63, 3.8) is 0 Å². The Morgan fingerprint density at radius 2 is 1.73 bits per heavy atom. The van der Waals surface area contributed by atoms with Crippen molar-refractivity contribution in [1.29, 1.82) is 0 Å². The lowest BCUT2D eigenvalue weighted by Gasteiger charge is -2.21. The second kappa shape index (κ2) is 5.90. The fourth-order valence-corrected chi connectivity index (χ4v) is 2.22.